The maximum atomic E-state index is 12.3. The van der Waals surface area contributed by atoms with Crippen molar-refractivity contribution in [1.29, 1.82) is 0 Å². The van der Waals surface area contributed by atoms with Crippen LogP contribution in [0.25, 0.3) is 0 Å². The SMILES string of the molecule is Cc1ccc2c(c1)OC(CN1CCC(CNC(=O)Cc3cccnc3C)CC1)CO2. The first-order valence-electron chi connectivity index (χ1n) is 10.9. The van der Waals surface area contributed by atoms with Gasteiger partial charge >= 0.3 is 0 Å². The van der Waals surface area contributed by atoms with Crippen molar-refractivity contribution in [3.05, 3.63) is 53.3 Å². The normalized spacial score (nSPS) is 19.5. The summed E-state index contributed by atoms with van der Waals surface area (Å²) in [4.78, 5) is 19.0. The van der Waals surface area contributed by atoms with Gasteiger partial charge in [-0.1, -0.05) is 12.1 Å². The summed E-state index contributed by atoms with van der Waals surface area (Å²) in [6.45, 7) is 8.30. The molecule has 0 saturated carbocycles. The average Bonchev–Trinajstić information content (AvgIpc) is 2.75. The van der Waals surface area contributed by atoms with E-state index in [0.29, 0.717) is 18.9 Å². The number of aromatic nitrogens is 1. The lowest BCUT2D eigenvalue weighted by molar-refractivity contribution is -0.120. The third kappa shape index (κ3) is 5.30. The number of hydrogen-bond acceptors (Lipinski definition) is 5. The minimum Gasteiger partial charge on any atom is -0.486 e. The minimum absolute atomic E-state index is 0.0678. The number of nitrogens with one attached hydrogen (secondary N) is 1. The van der Waals surface area contributed by atoms with Crippen LogP contribution in [0.1, 0.15) is 29.7 Å². The van der Waals surface area contributed by atoms with Crippen molar-refractivity contribution >= 4 is 5.91 Å². The van der Waals surface area contributed by atoms with E-state index < -0.39 is 0 Å². The summed E-state index contributed by atoms with van der Waals surface area (Å²) >= 11 is 0. The van der Waals surface area contributed by atoms with Gasteiger partial charge in [-0.05, 0) is 75.0 Å². The molecule has 2 aromatic rings. The second-order valence-electron chi connectivity index (χ2n) is 8.47. The number of nitrogens with zero attached hydrogens (tertiary/aromatic N) is 2. The van der Waals surface area contributed by atoms with Crippen molar-refractivity contribution in [3.8, 4) is 11.5 Å². The number of rotatable bonds is 6. The molecule has 0 bridgehead atoms. The second-order valence-corrected chi connectivity index (χ2v) is 8.47. The summed E-state index contributed by atoms with van der Waals surface area (Å²) in [5, 5.41) is 3.11. The third-order valence-electron chi connectivity index (χ3n) is 6.04. The van der Waals surface area contributed by atoms with Crippen LogP contribution in [-0.2, 0) is 11.2 Å². The fraction of sp³-hybridized carbons (Fsp3) is 0.500. The standard InChI is InChI=1S/C24H31N3O3/c1-17-5-6-22-23(12-17)30-21(16-29-22)15-27-10-7-19(8-11-27)14-26-24(28)13-20-4-3-9-25-18(20)2/h3-6,9,12,19,21H,7-8,10-11,13-16H2,1-2H3,(H,26,28). The molecule has 2 aliphatic heterocycles. The maximum Gasteiger partial charge on any atom is 0.224 e. The lowest BCUT2D eigenvalue weighted by Crippen LogP contribution is -2.45. The largest absolute Gasteiger partial charge is 0.486 e. The van der Waals surface area contributed by atoms with Crippen LogP contribution in [0.5, 0.6) is 11.5 Å². The number of carbonyl (C=O) groups is 1. The molecular weight excluding hydrogens is 378 g/mol. The predicted octanol–water partition coefficient (Wildman–Crippen LogP) is 2.91. The highest BCUT2D eigenvalue weighted by molar-refractivity contribution is 5.78. The van der Waals surface area contributed by atoms with Crippen molar-refractivity contribution in [3.63, 3.8) is 0 Å². The molecule has 1 aromatic heterocycles. The zero-order chi connectivity index (χ0) is 20.9. The molecule has 1 saturated heterocycles. The van der Waals surface area contributed by atoms with E-state index in [4.69, 9.17) is 9.47 Å². The molecule has 0 radical (unpaired) electrons. The summed E-state index contributed by atoms with van der Waals surface area (Å²) in [6.07, 6.45) is 4.41. The number of amides is 1. The van der Waals surface area contributed by atoms with E-state index in [-0.39, 0.29) is 12.0 Å². The highest BCUT2D eigenvalue weighted by Gasteiger charge is 2.26. The molecule has 160 valence electrons. The molecule has 1 unspecified atom stereocenters. The van der Waals surface area contributed by atoms with E-state index >= 15 is 0 Å². The molecule has 1 aromatic carbocycles. The Kier molecular flexibility index (Phi) is 6.53. The number of benzene rings is 1. The fourth-order valence-electron chi connectivity index (χ4n) is 4.17. The highest BCUT2D eigenvalue weighted by atomic mass is 16.6. The first-order chi connectivity index (χ1) is 14.6. The lowest BCUT2D eigenvalue weighted by Gasteiger charge is -2.35. The summed E-state index contributed by atoms with van der Waals surface area (Å²) in [5.74, 6) is 2.31. The zero-order valence-electron chi connectivity index (χ0n) is 17.9. The van der Waals surface area contributed by atoms with Gasteiger partial charge in [0.15, 0.2) is 11.5 Å². The predicted molar refractivity (Wildman–Crippen MR) is 116 cm³/mol. The van der Waals surface area contributed by atoms with E-state index in [1.54, 1.807) is 6.20 Å². The van der Waals surface area contributed by atoms with Gasteiger partial charge in [0.1, 0.15) is 12.7 Å². The molecule has 1 atom stereocenters. The zero-order valence-corrected chi connectivity index (χ0v) is 17.9. The van der Waals surface area contributed by atoms with E-state index in [2.05, 4.69) is 22.1 Å². The molecule has 4 rings (SSSR count). The van der Waals surface area contributed by atoms with Crippen molar-refractivity contribution in [1.82, 2.24) is 15.2 Å². The summed E-state index contributed by atoms with van der Waals surface area (Å²) in [7, 11) is 0. The number of hydrogen-bond donors (Lipinski definition) is 1. The van der Waals surface area contributed by atoms with Gasteiger partial charge in [-0.25, -0.2) is 0 Å². The monoisotopic (exact) mass is 409 g/mol. The minimum atomic E-state index is 0.0678. The van der Waals surface area contributed by atoms with Gasteiger partial charge in [0, 0.05) is 25.0 Å². The Morgan fingerprint density at radius 1 is 1.20 bits per heavy atom. The van der Waals surface area contributed by atoms with Gasteiger partial charge < -0.3 is 14.8 Å². The Balaban J connectivity index is 1.17. The van der Waals surface area contributed by atoms with E-state index in [1.807, 2.05) is 37.3 Å². The number of fused-ring (bicyclic) bond motifs is 1. The van der Waals surface area contributed by atoms with Crippen LogP contribution in [0.3, 0.4) is 0 Å². The Morgan fingerprint density at radius 3 is 2.83 bits per heavy atom. The van der Waals surface area contributed by atoms with Gasteiger partial charge in [0.25, 0.3) is 0 Å². The van der Waals surface area contributed by atoms with Crippen molar-refractivity contribution in [2.45, 2.75) is 39.2 Å². The number of likely N-dealkylation sites (tertiary alicyclic amines) is 1. The highest BCUT2D eigenvalue weighted by Crippen LogP contribution is 2.32. The van der Waals surface area contributed by atoms with E-state index in [9.17, 15) is 4.79 Å². The van der Waals surface area contributed by atoms with Crippen molar-refractivity contribution < 1.29 is 14.3 Å². The molecule has 0 spiro atoms. The third-order valence-corrected chi connectivity index (χ3v) is 6.04. The van der Waals surface area contributed by atoms with Gasteiger partial charge in [-0.15, -0.1) is 0 Å². The smallest absolute Gasteiger partial charge is 0.224 e. The lowest BCUT2D eigenvalue weighted by atomic mass is 9.96. The number of piperidine rings is 1. The first-order valence-corrected chi connectivity index (χ1v) is 10.9. The van der Waals surface area contributed by atoms with Crippen LogP contribution in [0, 0.1) is 19.8 Å². The second kappa shape index (κ2) is 9.47. The average molecular weight is 410 g/mol. The van der Waals surface area contributed by atoms with E-state index in [1.165, 1.54) is 5.56 Å². The quantitative estimate of drug-likeness (QED) is 0.795. The summed E-state index contributed by atoms with van der Waals surface area (Å²) < 4.78 is 12.0. The Morgan fingerprint density at radius 2 is 2.03 bits per heavy atom. The van der Waals surface area contributed by atoms with Gasteiger partial charge in [-0.3, -0.25) is 14.7 Å². The van der Waals surface area contributed by atoms with Crippen molar-refractivity contribution in [2.75, 3.05) is 32.8 Å². The van der Waals surface area contributed by atoms with Crippen LogP contribution < -0.4 is 14.8 Å². The number of pyridine rings is 1. The van der Waals surface area contributed by atoms with Crippen LogP contribution in [0.4, 0.5) is 0 Å². The van der Waals surface area contributed by atoms with Crippen LogP contribution in [-0.4, -0.2) is 54.7 Å². The van der Waals surface area contributed by atoms with E-state index in [0.717, 1.165) is 61.8 Å². The molecule has 1 N–H and O–H groups in total. The topological polar surface area (TPSA) is 63.7 Å². The molecule has 6 nitrogen and oxygen atoms in total. The molecular formula is C24H31N3O3. The van der Waals surface area contributed by atoms with Gasteiger partial charge in [-0.2, -0.15) is 0 Å². The maximum absolute atomic E-state index is 12.3. The number of carbonyl (C=O) groups excluding carboxylic acids is 1. The molecule has 0 aliphatic carbocycles. The Labute approximate surface area is 178 Å². The Bertz CT molecular complexity index is 878. The van der Waals surface area contributed by atoms with Crippen LogP contribution in [0.15, 0.2) is 36.5 Å². The molecule has 2 aliphatic rings. The molecule has 3 heterocycles. The van der Waals surface area contributed by atoms with Gasteiger partial charge in [0.05, 0.1) is 6.42 Å². The van der Waals surface area contributed by atoms with Crippen LogP contribution >= 0.6 is 0 Å². The molecule has 1 amide bonds. The van der Waals surface area contributed by atoms with Crippen LogP contribution in [0.2, 0.25) is 0 Å². The Hall–Kier alpha value is -2.60. The molecule has 30 heavy (non-hydrogen) atoms. The molecule has 6 heteroatoms. The van der Waals surface area contributed by atoms with Gasteiger partial charge in [0.2, 0.25) is 5.91 Å². The fourth-order valence-corrected chi connectivity index (χ4v) is 4.17. The number of aryl methyl sites for hydroxylation is 2. The first kappa shape index (κ1) is 20.7. The van der Waals surface area contributed by atoms with Crippen molar-refractivity contribution in [2.24, 2.45) is 5.92 Å². The number of ether oxygens (including phenoxy) is 2. The molecule has 1 fully saturated rings. The summed E-state index contributed by atoms with van der Waals surface area (Å²) in [5.41, 5.74) is 3.10. The summed E-state index contributed by atoms with van der Waals surface area (Å²) in [6, 6.07) is 9.92.